The maximum absolute atomic E-state index is 11.7. The fraction of sp³-hybridized carbons (Fsp3) is 0.333. The summed E-state index contributed by atoms with van der Waals surface area (Å²) in [6, 6.07) is 1.56. The number of carbonyl (C=O) groups is 1. The van der Waals surface area contributed by atoms with E-state index in [0.717, 1.165) is 0 Å². The molecule has 0 bridgehead atoms. The van der Waals surface area contributed by atoms with Crippen molar-refractivity contribution in [3.8, 4) is 0 Å². The van der Waals surface area contributed by atoms with Gasteiger partial charge in [0.1, 0.15) is 5.15 Å². The van der Waals surface area contributed by atoms with Crippen LogP contribution in [0.15, 0.2) is 12.3 Å². The number of hydrogen-bond donors (Lipinski definition) is 0. The highest BCUT2D eigenvalue weighted by molar-refractivity contribution is 6.43. The average Bonchev–Trinajstić information content (AvgIpc) is 2.20. The van der Waals surface area contributed by atoms with Crippen molar-refractivity contribution in [2.24, 2.45) is 0 Å². The predicted octanol–water partition coefficient (Wildman–Crippen LogP) is 2.48. The monoisotopic (exact) mass is 232 g/mol. The molecule has 0 atom stereocenters. The first kappa shape index (κ1) is 11.3. The first-order chi connectivity index (χ1) is 6.57. The zero-order chi connectivity index (χ0) is 10.7. The van der Waals surface area contributed by atoms with Crippen molar-refractivity contribution in [3.05, 3.63) is 28.0 Å². The second kappa shape index (κ2) is 4.62. The molecule has 3 nitrogen and oxygen atoms in total. The number of hydrogen-bond acceptors (Lipinski definition) is 2. The molecule has 0 unspecified atom stereocenters. The van der Waals surface area contributed by atoms with Crippen LogP contribution < -0.4 is 0 Å². The normalized spacial score (nSPS) is 10.0. The molecule has 1 heterocycles. The third-order valence-corrected chi connectivity index (χ3v) is 2.66. The average molecular weight is 233 g/mol. The fourth-order valence-electron chi connectivity index (χ4n) is 0.933. The summed E-state index contributed by atoms with van der Waals surface area (Å²) in [7, 11) is 1.70. The predicted molar refractivity (Wildman–Crippen MR) is 56.9 cm³/mol. The van der Waals surface area contributed by atoms with Crippen LogP contribution in [0.25, 0.3) is 0 Å². The van der Waals surface area contributed by atoms with Gasteiger partial charge in [0.05, 0.1) is 10.6 Å². The quantitative estimate of drug-likeness (QED) is 0.735. The van der Waals surface area contributed by atoms with Gasteiger partial charge in [-0.15, -0.1) is 0 Å². The molecule has 0 saturated heterocycles. The van der Waals surface area contributed by atoms with E-state index in [0.29, 0.717) is 12.1 Å². The Balaban J connectivity index is 3.07. The van der Waals surface area contributed by atoms with E-state index in [1.807, 2.05) is 6.92 Å². The Morgan fingerprint density at radius 2 is 2.21 bits per heavy atom. The Kier molecular flexibility index (Phi) is 3.72. The second-order valence-corrected chi connectivity index (χ2v) is 3.52. The summed E-state index contributed by atoms with van der Waals surface area (Å²) in [5.41, 5.74) is 0.385. The van der Waals surface area contributed by atoms with Crippen LogP contribution >= 0.6 is 23.2 Å². The smallest absolute Gasteiger partial charge is 0.255 e. The van der Waals surface area contributed by atoms with Crippen LogP contribution in [-0.4, -0.2) is 29.4 Å². The first-order valence-corrected chi connectivity index (χ1v) is 4.89. The first-order valence-electron chi connectivity index (χ1n) is 4.13. The Bertz CT molecular complexity index is 355. The zero-order valence-electron chi connectivity index (χ0n) is 7.92. The van der Waals surface area contributed by atoms with E-state index in [1.165, 1.54) is 6.20 Å². The van der Waals surface area contributed by atoms with E-state index >= 15 is 0 Å². The highest BCUT2D eigenvalue weighted by Gasteiger charge is 2.15. The van der Waals surface area contributed by atoms with Gasteiger partial charge >= 0.3 is 0 Å². The highest BCUT2D eigenvalue weighted by Crippen LogP contribution is 2.23. The molecule has 1 amide bonds. The Morgan fingerprint density at radius 3 is 2.79 bits per heavy atom. The summed E-state index contributed by atoms with van der Waals surface area (Å²) < 4.78 is 0. The van der Waals surface area contributed by atoms with E-state index in [4.69, 9.17) is 23.2 Å². The van der Waals surface area contributed by atoms with Crippen molar-refractivity contribution < 1.29 is 4.79 Å². The molecule has 0 saturated carbocycles. The molecule has 0 aliphatic heterocycles. The van der Waals surface area contributed by atoms with Gasteiger partial charge in [0.15, 0.2) is 0 Å². The largest absolute Gasteiger partial charge is 0.342 e. The van der Waals surface area contributed by atoms with E-state index < -0.39 is 0 Å². The molecule has 0 spiro atoms. The number of aromatic nitrogens is 1. The summed E-state index contributed by atoms with van der Waals surface area (Å²) in [4.78, 5) is 17.0. The molecule has 1 aromatic rings. The molecule has 1 aromatic heterocycles. The minimum atomic E-state index is -0.151. The molecular weight excluding hydrogens is 223 g/mol. The lowest BCUT2D eigenvalue weighted by Gasteiger charge is -2.15. The van der Waals surface area contributed by atoms with Crippen molar-refractivity contribution >= 4 is 29.1 Å². The standard InChI is InChI=1S/C9H10Cl2N2O/c1-3-13(2)9(14)6-4-5-12-8(11)7(6)10/h4-5H,3H2,1-2H3. The van der Waals surface area contributed by atoms with Crippen molar-refractivity contribution in [1.29, 1.82) is 0 Å². The number of nitrogens with zero attached hydrogens (tertiary/aromatic N) is 2. The van der Waals surface area contributed by atoms with Gasteiger partial charge in [-0.3, -0.25) is 4.79 Å². The lowest BCUT2D eigenvalue weighted by atomic mass is 10.2. The van der Waals surface area contributed by atoms with Gasteiger partial charge < -0.3 is 4.90 Å². The van der Waals surface area contributed by atoms with Crippen LogP contribution in [0.5, 0.6) is 0 Å². The molecule has 0 fully saturated rings. The summed E-state index contributed by atoms with van der Waals surface area (Å²) >= 11 is 11.5. The van der Waals surface area contributed by atoms with E-state index in [1.54, 1.807) is 18.0 Å². The Labute approximate surface area is 92.6 Å². The second-order valence-electron chi connectivity index (χ2n) is 2.78. The summed E-state index contributed by atoms with van der Waals surface area (Å²) in [6.07, 6.45) is 1.46. The molecular formula is C9H10Cl2N2O. The fourth-order valence-corrected chi connectivity index (χ4v) is 1.28. The molecule has 5 heteroatoms. The van der Waals surface area contributed by atoms with Crippen LogP contribution in [-0.2, 0) is 0 Å². The van der Waals surface area contributed by atoms with Gasteiger partial charge in [-0.25, -0.2) is 4.98 Å². The molecule has 0 N–H and O–H groups in total. The van der Waals surface area contributed by atoms with Gasteiger partial charge in [0.25, 0.3) is 5.91 Å². The molecule has 14 heavy (non-hydrogen) atoms. The van der Waals surface area contributed by atoms with Gasteiger partial charge in [-0.1, -0.05) is 23.2 Å². The van der Waals surface area contributed by atoms with Crippen molar-refractivity contribution in [1.82, 2.24) is 9.88 Å². The number of halogens is 2. The van der Waals surface area contributed by atoms with E-state index in [-0.39, 0.29) is 16.1 Å². The lowest BCUT2D eigenvalue weighted by molar-refractivity contribution is 0.0802. The van der Waals surface area contributed by atoms with E-state index in [9.17, 15) is 4.79 Å². The number of amides is 1. The van der Waals surface area contributed by atoms with Crippen LogP contribution in [0.3, 0.4) is 0 Å². The maximum Gasteiger partial charge on any atom is 0.255 e. The molecule has 76 valence electrons. The van der Waals surface area contributed by atoms with Crippen molar-refractivity contribution in [2.45, 2.75) is 6.92 Å². The third-order valence-electron chi connectivity index (χ3n) is 1.90. The van der Waals surface area contributed by atoms with Crippen molar-refractivity contribution in [3.63, 3.8) is 0 Å². The summed E-state index contributed by atoms with van der Waals surface area (Å²) in [5, 5.41) is 0.362. The molecule has 1 rings (SSSR count). The van der Waals surface area contributed by atoms with Crippen LogP contribution in [0.1, 0.15) is 17.3 Å². The number of pyridine rings is 1. The van der Waals surface area contributed by atoms with Crippen LogP contribution in [0.4, 0.5) is 0 Å². The molecule has 0 radical (unpaired) electrons. The summed E-state index contributed by atoms with van der Waals surface area (Å²) in [6.45, 7) is 2.50. The van der Waals surface area contributed by atoms with Gasteiger partial charge in [0, 0.05) is 19.8 Å². The SMILES string of the molecule is CCN(C)C(=O)c1ccnc(Cl)c1Cl. The topological polar surface area (TPSA) is 33.2 Å². The van der Waals surface area contributed by atoms with Gasteiger partial charge in [-0.05, 0) is 13.0 Å². The van der Waals surface area contributed by atoms with Crippen LogP contribution in [0, 0.1) is 0 Å². The maximum atomic E-state index is 11.7. The number of rotatable bonds is 2. The Morgan fingerprint density at radius 1 is 1.57 bits per heavy atom. The lowest BCUT2D eigenvalue weighted by Crippen LogP contribution is -2.26. The third kappa shape index (κ3) is 2.16. The van der Waals surface area contributed by atoms with Gasteiger partial charge in [0.2, 0.25) is 0 Å². The number of carbonyl (C=O) groups excluding carboxylic acids is 1. The molecule has 0 aliphatic rings. The highest BCUT2D eigenvalue weighted by atomic mass is 35.5. The zero-order valence-corrected chi connectivity index (χ0v) is 9.43. The minimum Gasteiger partial charge on any atom is -0.342 e. The van der Waals surface area contributed by atoms with Gasteiger partial charge in [-0.2, -0.15) is 0 Å². The molecule has 0 aromatic carbocycles. The van der Waals surface area contributed by atoms with Crippen LogP contribution in [0.2, 0.25) is 10.2 Å². The van der Waals surface area contributed by atoms with E-state index in [2.05, 4.69) is 4.98 Å². The minimum absolute atomic E-state index is 0.151. The van der Waals surface area contributed by atoms with Crippen molar-refractivity contribution in [2.75, 3.05) is 13.6 Å². The Hall–Kier alpha value is -0.800. The molecule has 0 aliphatic carbocycles. The summed E-state index contributed by atoms with van der Waals surface area (Å²) in [5.74, 6) is -0.151.